The monoisotopic (exact) mass is 757 g/mol. The minimum absolute atomic E-state index is 0. The van der Waals surface area contributed by atoms with Gasteiger partial charge in [0.15, 0.2) is 17.5 Å². The molecule has 4 heterocycles. The van der Waals surface area contributed by atoms with Gasteiger partial charge in [-0.15, -0.1) is 10.2 Å². The number of nitrogens with one attached hydrogen (secondary N) is 2. The lowest BCUT2D eigenvalue weighted by Gasteiger charge is -2.09. The van der Waals surface area contributed by atoms with Gasteiger partial charge in [0.2, 0.25) is 0 Å². The summed E-state index contributed by atoms with van der Waals surface area (Å²) in [5, 5.41) is 16.7. The molecule has 0 radical (unpaired) electrons. The van der Waals surface area contributed by atoms with Crippen LogP contribution >= 0.6 is 0 Å². The van der Waals surface area contributed by atoms with Gasteiger partial charge in [-0.05, 0) is 56.7 Å². The topological polar surface area (TPSA) is 217 Å². The molecule has 0 aliphatic heterocycles. The van der Waals surface area contributed by atoms with E-state index in [2.05, 4.69) is 57.0 Å². The van der Waals surface area contributed by atoms with Crippen LogP contribution in [0.4, 0.5) is 19.0 Å². The van der Waals surface area contributed by atoms with Crippen LogP contribution in [0.25, 0.3) is 35.2 Å². The number of aromatic nitrogens is 10. The van der Waals surface area contributed by atoms with Crippen LogP contribution in [0.3, 0.4) is 0 Å². The first-order chi connectivity index (χ1) is 25.8. The summed E-state index contributed by atoms with van der Waals surface area (Å²) in [6.45, 7) is 6.07. The Balaban J connectivity index is 0.000000245. The molecule has 0 saturated heterocycles. The Morgan fingerprint density at radius 1 is 0.764 bits per heavy atom. The van der Waals surface area contributed by atoms with E-state index in [9.17, 15) is 22.8 Å². The van der Waals surface area contributed by atoms with Crippen molar-refractivity contribution in [3.63, 3.8) is 0 Å². The SMILES string of the molecule is C.Cc1cc(-c2ncn(/C=C\C(=O)O)n2)cc(C(F)(F)F)c1.Cc1cc(C)cc(-c2ncn(/C=C\C(=O)NNc3cnccn3)n2)c1.NCc1cnccn1. The average molecular weight is 758 g/mol. The molecular weight excluding hydrogens is 719 g/mol. The van der Waals surface area contributed by atoms with Gasteiger partial charge in [-0.1, -0.05) is 24.6 Å². The van der Waals surface area contributed by atoms with E-state index in [1.165, 1.54) is 41.7 Å². The molecule has 0 bridgehead atoms. The van der Waals surface area contributed by atoms with Crippen molar-refractivity contribution in [1.82, 2.24) is 54.9 Å². The highest BCUT2D eigenvalue weighted by Gasteiger charge is 2.31. The molecule has 0 aliphatic carbocycles. The second kappa shape index (κ2) is 20.2. The number of halogens is 3. The van der Waals surface area contributed by atoms with Gasteiger partial charge in [0.05, 0.1) is 17.5 Å². The van der Waals surface area contributed by atoms with E-state index < -0.39 is 17.7 Å². The van der Waals surface area contributed by atoms with Crippen molar-refractivity contribution in [3.8, 4) is 22.8 Å². The number of benzene rings is 2. The first-order valence-electron chi connectivity index (χ1n) is 15.8. The van der Waals surface area contributed by atoms with Crippen LogP contribution in [-0.2, 0) is 22.3 Å². The lowest BCUT2D eigenvalue weighted by atomic mass is 10.1. The molecule has 0 atom stereocenters. The summed E-state index contributed by atoms with van der Waals surface area (Å²) in [5.41, 5.74) is 14.3. The highest BCUT2D eigenvalue weighted by atomic mass is 19.4. The zero-order chi connectivity index (χ0) is 39.1. The number of rotatable bonds is 9. The van der Waals surface area contributed by atoms with E-state index in [0.717, 1.165) is 51.5 Å². The molecule has 0 aliphatic rings. The van der Waals surface area contributed by atoms with E-state index in [0.29, 0.717) is 23.8 Å². The average Bonchev–Trinajstić information content (AvgIpc) is 3.83. The molecule has 4 aromatic heterocycles. The molecule has 0 fully saturated rings. The molecule has 0 unspecified atom stereocenters. The normalized spacial score (nSPS) is 10.8. The number of nitrogens with zero attached hydrogens (tertiary/aromatic N) is 10. The first kappa shape index (κ1) is 42.3. The highest BCUT2D eigenvalue weighted by molar-refractivity contribution is 5.90. The zero-order valence-corrected chi connectivity index (χ0v) is 29.0. The first-order valence-corrected chi connectivity index (χ1v) is 15.8. The number of carboxylic acid groups (broad SMARTS) is 1. The fraction of sp³-hybridized carbons (Fsp3) is 0.167. The number of anilines is 1. The fourth-order valence-corrected chi connectivity index (χ4v) is 4.39. The number of hydrogen-bond donors (Lipinski definition) is 4. The van der Waals surface area contributed by atoms with Crippen LogP contribution in [0.1, 0.15) is 35.4 Å². The predicted molar refractivity (Wildman–Crippen MR) is 199 cm³/mol. The van der Waals surface area contributed by atoms with Gasteiger partial charge < -0.3 is 10.8 Å². The molecule has 2 aromatic carbocycles. The maximum absolute atomic E-state index is 12.8. The lowest BCUT2D eigenvalue weighted by molar-refractivity contribution is -0.137. The fourth-order valence-electron chi connectivity index (χ4n) is 4.39. The Hall–Kier alpha value is -7.15. The van der Waals surface area contributed by atoms with Gasteiger partial charge in [0, 0.05) is 73.2 Å². The number of hydrazine groups is 1. The molecule has 55 heavy (non-hydrogen) atoms. The summed E-state index contributed by atoms with van der Waals surface area (Å²) in [6, 6.07) is 9.64. The maximum atomic E-state index is 12.8. The summed E-state index contributed by atoms with van der Waals surface area (Å²) in [6.07, 6.45) is 12.6. The van der Waals surface area contributed by atoms with E-state index >= 15 is 0 Å². The molecular formula is C36H38F3N13O3. The van der Waals surface area contributed by atoms with Gasteiger partial charge in [-0.2, -0.15) is 13.2 Å². The highest BCUT2D eigenvalue weighted by Crippen LogP contribution is 2.32. The van der Waals surface area contributed by atoms with E-state index in [-0.39, 0.29) is 24.7 Å². The number of nitrogens with two attached hydrogens (primary N) is 1. The molecule has 16 nitrogen and oxygen atoms in total. The second-order valence-electron chi connectivity index (χ2n) is 11.1. The van der Waals surface area contributed by atoms with Crippen molar-refractivity contribution in [3.05, 3.63) is 126 Å². The van der Waals surface area contributed by atoms with Gasteiger partial charge >= 0.3 is 12.1 Å². The molecule has 0 saturated carbocycles. The van der Waals surface area contributed by atoms with Crippen molar-refractivity contribution in [1.29, 1.82) is 0 Å². The Morgan fingerprint density at radius 3 is 1.80 bits per heavy atom. The third-order valence-electron chi connectivity index (χ3n) is 6.61. The Kier molecular flexibility index (Phi) is 15.5. The smallest absolute Gasteiger partial charge is 0.416 e. The Bertz CT molecular complexity index is 2180. The third-order valence-corrected chi connectivity index (χ3v) is 6.61. The molecule has 286 valence electrons. The molecule has 5 N–H and O–H groups in total. The van der Waals surface area contributed by atoms with Crippen LogP contribution < -0.4 is 16.6 Å². The van der Waals surface area contributed by atoms with E-state index in [1.54, 1.807) is 38.0 Å². The van der Waals surface area contributed by atoms with Gasteiger partial charge in [0.25, 0.3) is 5.91 Å². The second-order valence-corrected chi connectivity index (χ2v) is 11.1. The number of amides is 1. The molecule has 6 rings (SSSR count). The molecule has 19 heteroatoms. The van der Waals surface area contributed by atoms with Crippen molar-refractivity contribution >= 4 is 30.1 Å². The summed E-state index contributed by atoms with van der Waals surface area (Å²) in [4.78, 5) is 45.9. The van der Waals surface area contributed by atoms with E-state index in [1.807, 2.05) is 26.0 Å². The summed E-state index contributed by atoms with van der Waals surface area (Å²) in [5.74, 6) is -0.382. The van der Waals surface area contributed by atoms with E-state index in [4.69, 9.17) is 10.8 Å². The van der Waals surface area contributed by atoms with Crippen molar-refractivity contribution in [2.24, 2.45) is 5.73 Å². The van der Waals surface area contributed by atoms with Crippen LogP contribution in [0, 0.1) is 20.8 Å². The third kappa shape index (κ3) is 14.1. The quantitative estimate of drug-likeness (QED) is 0.108. The number of carbonyl (C=O) groups excluding carboxylic acids is 1. The van der Waals surface area contributed by atoms with Crippen LogP contribution in [0.5, 0.6) is 0 Å². The lowest BCUT2D eigenvalue weighted by Crippen LogP contribution is -2.28. The number of carboxylic acids is 1. The number of aliphatic carboxylic acids is 1. The van der Waals surface area contributed by atoms with Crippen molar-refractivity contribution in [2.45, 2.75) is 40.9 Å². The molecule has 6 aromatic rings. The molecule has 0 spiro atoms. The Morgan fingerprint density at radius 2 is 1.31 bits per heavy atom. The van der Waals surface area contributed by atoms with Crippen LogP contribution in [-0.4, -0.2) is 66.4 Å². The van der Waals surface area contributed by atoms with Crippen LogP contribution in [0.15, 0.2) is 98.4 Å². The number of aryl methyl sites for hydroxylation is 3. The van der Waals surface area contributed by atoms with Crippen molar-refractivity contribution < 1.29 is 27.9 Å². The van der Waals surface area contributed by atoms with Crippen LogP contribution in [0.2, 0.25) is 0 Å². The minimum Gasteiger partial charge on any atom is -0.478 e. The standard InChI is InChI=1S/C17H17N7O.C13H10F3N3O2.C5H7N3.CH4/c1-12-7-13(2)9-14(8-12)17-20-11-24(23-17)6-3-16(25)22-21-15-10-18-4-5-19-15;1-8-4-9(6-10(5-8)13(14,15)16)12-17-7-19(18-12)3-2-11(20)21;6-3-5-4-7-1-2-8-5;/h3-11H,1-2H3,(H,19,21)(H,22,25);2-7H,1H3,(H,20,21);1-2,4H,3,6H2;1H4/b6-3-;3-2-;;. The number of alkyl halides is 3. The van der Waals surface area contributed by atoms with Gasteiger partial charge in [0.1, 0.15) is 12.7 Å². The van der Waals surface area contributed by atoms with Crippen molar-refractivity contribution in [2.75, 3.05) is 5.43 Å². The largest absolute Gasteiger partial charge is 0.478 e. The maximum Gasteiger partial charge on any atom is 0.416 e. The predicted octanol–water partition coefficient (Wildman–Crippen LogP) is 5.36. The summed E-state index contributed by atoms with van der Waals surface area (Å²) < 4.78 is 40.9. The minimum atomic E-state index is -4.45. The van der Waals surface area contributed by atoms with Gasteiger partial charge in [-0.3, -0.25) is 30.6 Å². The van der Waals surface area contributed by atoms with Gasteiger partial charge in [-0.25, -0.2) is 29.1 Å². The number of carbonyl (C=O) groups is 2. The summed E-state index contributed by atoms with van der Waals surface area (Å²) in [7, 11) is 0. The molecule has 1 amide bonds. The Labute approximate surface area is 313 Å². The zero-order valence-electron chi connectivity index (χ0n) is 29.0. The summed E-state index contributed by atoms with van der Waals surface area (Å²) >= 11 is 0. The number of hydrogen-bond acceptors (Lipinski definition) is 12.